The molecule has 1 nitrogen and oxygen atoms in total. The molecule has 0 spiro atoms. The minimum Gasteiger partial charge on any atom is -0.377 e. The smallest absolute Gasteiger partial charge is 0.0637 e. The molecule has 1 atom stereocenters. The predicted octanol–water partition coefficient (Wildman–Crippen LogP) is 5.22. The van der Waals surface area contributed by atoms with Gasteiger partial charge in [-0.25, -0.2) is 0 Å². The van der Waals surface area contributed by atoms with Crippen molar-refractivity contribution >= 4 is 17.3 Å². The first kappa shape index (κ1) is 12.6. The van der Waals surface area contributed by atoms with Crippen LogP contribution < -0.4 is 5.32 Å². The second kappa shape index (κ2) is 5.66. The van der Waals surface area contributed by atoms with Gasteiger partial charge in [-0.1, -0.05) is 54.4 Å². The molecule has 0 heterocycles. The van der Waals surface area contributed by atoms with Crippen molar-refractivity contribution in [2.45, 2.75) is 31.7 Å². The van der Waals surface area contributed by atoms with Crippen LogP contribution in [-0.2, 0) is 6.42 Å². The fourth-order valence-electron chi connectivity index (χ4n) is 2.84. The highest BCUT2D eigenvalue weighted by atomic mass is 35.5. The second-order valence-electron chi connectivity index (χ2n) is 5.12. The van der Waals surface area contributed by atoms with Gasteiger partial charge in [0.05, 0.1) is 16.8 Å². The van der Waals surface area contributed by atoms with E-state index in [0.29, 0.717) is 6.04 Å². The number of halogens is 1. The third kappa shape index (κ3) is 2.76. The summed E-state index contributed by atoms with van der Waals surface area (Å²) >= 11 is 6.25. The zero-order chi connectivity index (χ0) is 13.1. The molecule has 1 unspecified atom stereocenters. The first-order valence-corrected chi connectivity index (χ1v) is 7.31. The molecule has 19 heavy (non-hydrogen) atoms. The number of hydrogen-bond donors (Lipinski definition) is 1. The van der Waals surface area contributed by atoms with E-state index in [1.807, 2.05) is 18.2 Å². The molecule has 0 aromatic heterocycles. The van der Waals surface area contributed by atoms with Gasteiger partial charge >= 0.3 is 0 Å². The monoisotopic (exact) mass is 271 g/mol. The molecule has 2 aromatic carbocycles. The first-order chi connectivity index (χ1) is 9.34. The molecular weight excluding hydrogens is 254 g/mol. The van der Waals surface area contributed by atoms with E-state index in [9.17, 15) is 0 Å². The molecule has 98 valence electrons. The van der Waals surface area contributed by atoms with Crippen LogP contribution in [0.1, 0.15) is 36.4 Å². The third-order valence-electron chi connectivity index (χ3n) is 3.82. The Morgan fingerprint density at radius 2 is 1.74 bits per heavy atom. The number of para-hydroxylation sites is 1. The van der Waals surface area contributed by atoms with Crippen LogP contribution in [0, 0.1) is 0 Å². The lowest BCUT2D eigenvalue weighted by molar-refractivity contribution is 0.644. The highest BCUT2D eigenvalue weighted by Gasteiger charge is 2.18. The Morgan fingerprint density at radius 1 is 0.947 bits per heavy atom. The van der Waals surface area contributed by atoms with Crippen molar-refractivity contribution < 1.29 is 0 Å². The lowest BCUT2D eigenvalue weighted by atomic mass is 9.99. The zero-order valence-electron chi connectivity index (χ0n) is 10.9. The Labute approximate surface area is 119 Å². The Kier molecular flexibility index (Phi) is 3.74. The third-order valence-corrected chi connectivity index (χ3v) is 4.15. The molecule has 1 aliphatic rings. The van der Waals surface area contributed by atoms with E-state index in [0.717, 1.165) is 10.7 Å². The van der Waals surface area contributed by atoms with Crippen LogP contribution in [0.5, 0.6) is 0 Å². The van der Waals surface area contributed by atoms with Crippen molar-refractivity contribution in [2.75, 3.05) is 5.32 Å². The number of fused-ring (bicyclic) bond motifs is 1. The summed E-state index contributed by atoms with van der Waals surface area (Å²) in [4.78, 5) is 0. The van der Waals surface area contributed by atoms with E-state index in [1.54, 1.807) is 0 Å². The molecule has 0 saturated carbocycles. The van der Waals surface area contributed by atoms with E-state index in [2.05, 4.69) is 35.6 Å². The molecule has 0 radical (unpaired) electrons. The largest absolute Gasteiger partial charge is 0.377 e. The molecule has 2 aromatic rings. The van der Waals surface area contributed by atoms with E-state index < -0.39 is 0 Å². The van der Waals surface area contributed by atoms with Crippen LogP contribution in [0.2, 0.25) is 5.02 Å². The molecular formula is C17H18ClN. The maximum absolute atomic E-state index is 6.25. The summed E-state index contributed by atoms with van der Waals surface area (Å²) in [6.07, 6.45) is 4.90. The number of rotatable bonds is 2. The summed E-state index contributed by atoms with van der Waals surface area (Å²) in [5.41, 5.74) is 3.94. The number of aryl methyl sites for hydroxylation is 1. The number of anilines is 1. The van der Waals surface area contributed by atoms with Crippen molar-refractivity contribution in [3.63, 3.8) is 0 Å². The molecule has 0 bridgehead atoms. The van der Waals surface area contributed by atoms with E-state index >= 15 is 0 Å². The summed E-state index contributed by atoms with van der Waals surface area (Å²) in [5, 5.41) is 4.41. The average Bonchev–Trinajstić information content (AvgIpc) is 2.64. The van der Waals surface area contributed by atoms with E-state index in [-0.39, 0.29) is 0 Å². The van der Waals surface area contributed by atoms with Crippen molar-refractivity contribution in [1.82, 2.24) is 0 Å². The van der Waals surface area contributed by atoms with Gasteiger partial charge in [0.25, 0.3) is 0 Å². The molecule has 3 rings (SSSR count). The first-order valence-electron chi connectivity index (χ1n) is 6.93. The minimum atomic E-state index is 0.374. The van der Waals surface area contributed by atoms with E-state index in [4.69, 9.17) is 11.6 Å². The fourth-order valence-corrected chi connectivity index (χ4v) is 3.03. The van der Waals surface area contributed by atoms with Crippen LogP contribution in [0.15, 0.2) is 48.5 Å². The van der Waals surface area contributed by atoms with Gasteiger partial charge in [-0.2, -0.15) is 0 Å². The maximum Gasteiger partial charge on any atom is 0.0637 e. The predicted molar refractivity (Wildman–Crippen MR) is 81.8 cm³/mol. The summed E-state index contributed by atoms with van der Waals surface area (Å²) < 4.78 is 0. The summed E-state index contributed by atoms with van der Waals surface area (Å²) in [5.74, 6) is 0. The highest BCUT2D eigenvalue weighted by Crippen LogP contribution is 2.33. The van der Waals surface area contributed by atoms with Crippen LogP contribution in [-0.4, -0.2) is 0 Å². The van der Waals surface area contributed by atoms with Gasteiger partial charge in [0.15, 0.2) is 0 Å². The molecule has 1 N–H and O–H groups in total. The Hall–Kier alpha value is -1.47. The van der Waals surface area contributed by atoms with Crippen LogP contribution in [0.25, 0.3) is 0 Å². The zero-order valence-corrected chi connectivity index (χ0v) is 11.7. The summed E-state index contributed by atoms with van der Waals surface area (Å²) in [6, 6.07) is 17.1. The van der Waals surface area contributed by atoms with Crippen LogP contribution in [0.3, 0.4) is 0 Å². The fraction of sp³-hybridized carbons (Fsp3) is 0.294. The standard InChI is InChI=1S/C17H18ClN/c18-15-10-4-6-12-17(15)19-16-11-5-2-8-13-7-1-3-9-14(13)16/h1,3-4,6-7,9-10,12,16,19H,2,5,8,11H2. The molecule has 2 heteroatoms. The Bertz CT molecular complexity index is 565. The maximum atomic E-state index is 6.25. The highest BCUT2D eigenvalue weighted by molar-refractivity contribution is 6.33. The molecule has 0 saturated heterocycles. The van der Waals surface area contributed by atoms with Gasteiger partial charge in [0.1, 0.15) is 0 Å². The normalized spacial score (nSPS) is 18.5. The van der Waals surface area contributed by atoms with Crippen LogP contribution >= 0.6 is 11.6 Å². The lowest BCUT2D eigenvalue weighted by Gasteiger charge is -2.21. The van der Waals surface area contributed by atoms with Gasteiger partial charge in [0, 0.05) is 0 Å². The van der Waals surface area contributed by atoms with Gasteiger partial charge in [0.2, 0.25) is 0 Å². The quantitative estimate of drug-likeness (QED) is 0.739. The molecule has 0 aliphatic heterocycles. The number of benzene rings is 2. The number of hydrogen-bond acceptors (Lipinski definition) is 1. The van der Waals surface area contributed by atoms with Crippen molar-refractivity contribution in [3.05, 3.63) is 64.7 Å². The Balaban J connectivity index is 1.91. The number of nitrogens with one attached hydrogen (secondary N) is 1. The van der Waals surface area contributed by atoms with Crippen LogP contribution in [0.4, 0.5) is 5.69 Å². The second-order valence-corrected chi connectivity index (χ2v) is 5.53. The summed E-state index contributed by atoms with van der Waals surface area (Å²) in [7, 11) is 0. The van der Waals surface area contributed by atoms with Gasteiger partial charge in [-0.15, -0.1) is 0 Å². The topological polar surface area (TPSA) is 12.0 Å². The lowest BCUT2D eigenvalue weighted by Crippen LogP contribution is -2.11. The molecule has 0 fully saturated rings. The van der Waals surface area contributed by atoms with Gasteiger partial charge < -0.3 is 5.32 Å². The minimum absolute atomic E-state index is 0.374. The van der Waals surface area contributed by atoms with Crippen molar-refractivity contribution in [1.29, 1.82) is 0 Å². The van der Waals surface area contributed by atoms with Crippen molar-refractivity contribution in [3.8, 4) is 0 Å². The Morgan fingerprint density at radius 3 is 2.63 bits per heavy atom. The van der Waals surface area contributed by atoms with Gasteiger partial charge in [-0.3, -0.25) is 0 Å². The average molecular weight is 272 g/mol. The SMILES string of the molecule is Clc1ccccc1NC1CCCCc2ccccc21. The summed E-state index contributed by atoms with van der Waals surface area (Å²) in [6.45, 7) is 0. The molecule has 0 amide bonds. The van der Waals surface area contributed by atoms with Crippen molar-refractivity contribution in [2.24, 2.45) is 0 Å². The van der Waals surface area contributed by atoms with E-state index in [1.165, 1.54) is 36.8 Å². The molecule has 1 aliphatic carbocycles. The van der Waals surface area contributed by atoms with Gasteiger partial charge in [-0.05, 0) is 42.5 Å².